The lowest BCUT2D eigenvalue weighted by Gasteiger charge is -1.83. The van der Waals surface area contributed by atoms with Crippen molar-refractivity contribution in [1.29, 1.82) is 5.26 Å². The molecule has 0 aliphatic carbocycles. The van der Waals surface area contributed by atoms with Crippen LogP contribution >= 0.6 is 0 Å². The van der Waals surface area contributed by atoms with E-state index in [1.165, 1.54) is 0 Å². The highest BCUT2D eigenvalue weighted by Crippen LogP contribution is 1.86. The summed E-state index contributed by atoms with van der Waals surface area (Å²) in [4.78, 5) is 3.12. The van der Waals surface area contributed by atoms with Gasteiger partial charge in [0.15, 0.2) is 0 Å². The van der Waals surface area contributed by atoms with Crippen molar-refractivity contribution in [2.24, 2.45) is 0 Å². The van der Waals surface area contributed by atoms with Gasteiger partial charge in [0.1, 0.15) is 0 Å². The van der Waals surface area contributed by atoms with Gasteiger partial charge in [0.05, 0.1) is 12.5 Å². The Hall–Kier alpha value is -1.49. The summed E-state index contributed by atoms with van der Waals surface area (Å²) in [6, 6.07) is 2.14. The molecule has 0 fully saturated rings. The highest BCUT2D eigenvalue weighted by atomic mass is 14.7. The van der Waals surface area contributed by atoms with Gasteiger partial charge in [0, 0.05) is 11.5 Å². The van der Waals surface area contributed by atoms with Crippen LogP contribution in [-0.2, 0) is 6.42 Å². The number of nitriles is 1. The predicted octanol–water partition coefficient (Wildman–Crippen LogP) is 0.682. The molecule has 0 aromatic carbocycles. The molecule has 12 heavy (non-hydrogen) atoms. The molecule has 62 valence electrons. The maximum Gasteiger partial charge on any atom is 0.0670 e. The van der Waals surface area contributed by atoms with Crippen molar-refractivity contribution >= 4 is 12.2 Å². The fourth-order valence-corrected chi connectivity index (χ4v) is 1.30. The molecule has 0 saturated heterocycles. The molecular formula is C10H12N2. The van der Waals surface area contributed by atoms with E-state index < -0.39 is 0 Å². The zero-order valence-corrected chi connectivity index (χ0v) is 7.39. The average Bonchev–Trinajstić information content (AvgIpc) is 2.47. The summed E-state index contributed by atoms with van der Waals surface area (Å²) in [6.07, 6.45) is 6.41. The van der Waals surface area contributed by atoms with Crippen molar-refractivity contribution < 1.29 is 0 Å². The summed E-state index contributed by atoms with van der Waals surface area (Å²) < 4.78 is 0. The Morgan fingerprint density at radius 1 is 1.50 bits per heavy atom. The Labute approximate surface area is 71.8 Å². The van der Waals surface area contributed by atoms with E-state index in [1.54, 1.807) is 0 Å². The molecule has 0 aliphatic heterocycles. The summed E-state index contributed by atoms with van der Waals surface area (Å²) in [5, 5.41) is 10.8. The monoisotopic (exact) mass is 160 g/mol. The molecule has 0 amide bonds. The second-order valence-electron chi connectivity index (χ2n) is 2.55. The number of hydrogen-bond acceptors (Lipinski definition) is 1. The Bertz CT molecular complexity index is 404. The summed E-state index contributed by atoms with van der Waals surface area (Å²) in [6.45, 7) is 3.96. The number of H-pyrrole nitrogens is 1. The Balaban J connectivity index is 3.37. The number of aromatic amines is 1. The molecule has 0 radical (unpaired) electrons. The molecule has 0 bridgehead atoms. The third kappa shape index (κ3) is 1.40. The molecule has 0 aliphatic rings. The quantitative estimate of drug-likeness (QED) is 0.644. The topological polar surface area (TPSA) is 39.6 Å². The molecule has 0 atom stereocenters. The van der Waals surface area contributed by atoms with Crippen LogP contribution < -0.4 is 10.6 Å². The first kappa shape index (κ1) is 8.61. The molecule has 1 rings (SSSR count). The molecular weight excluding hydrogens is 148 g/mol. The minimum Gasteiger partial charge on any atom is -0.361 e. The van der Waals surface area contributed by atoms with Crippen molar-refractivity contribution in [3.63, 3.8) is 0 Å². The van der Waals surface area contributed by atoms with Crippen molar-refractivity contribution in [3.8, 4) is 6.07 Å². The Morgan fingerprint density at radius 3 is 2.75 bits per heavy atom. The molecule has 0 unspecified atom stereocenters. The van der Waals surface area contributed by atoms with Gasteiger partial charge in [-0.1, -0.05) is 12.2 Å². The first-order valence-corrected chi connectivity index (χ1v) is 3.99. The Morgan fingerprint density at radius 2 is 2.25 bits per heavy atom. The molecule has 1 aromatic rings. The van der Waals surface area contributed by atoms with E-state index in [0.29, 0.717) is 6.42 Å². The van der Waals surface area contributed by atoms with Crippen LogP contribution in [0.2, 0.25) is 0 Å². The van der Waals surface area contributed by atoms with Crippen LogP contribution in [0.15, 0.2) is 6.20 Å². The number of rotatable bonds is 1. The molecule has 2 nitrogen and oxygen atoms in total. The second kappa shape index (κ2) is 3.77. The van der Waals surface area contributed by atoms with E-state index in [0.717, 1.165) is 16.1 Å². The van der Waals surface area contributed by atoms with E-state index in [9.17, 15) is 0 Å². The second-order valence-corrected chi connectivity index (χ2v) is 2.55. The average molecular weight is 160 g/mol. The van der Waals surface area contributed by atoms with Crippen LogP contribution in [0.5, 0.6) is 0 Å². The first-order valence-electron chi connectivity index (χ1n) is 3.99. The third-order valence-electron chi connectivity index (χ3n) is 1.88. The van der Waals surface area contributed by atoms with E-state index in [2.05, 4.69) is 11.1 Å². The van der Waals surface area contributed by atoms with E-state index in [1.807, 2.05) is 32.2 Å². The largest absolute Gasteiger partial charge is 0.361 e. The lowest BCUT2D eigenvalue weighted by molar-refractivity contribution is 1.25. The standard InChI is InChI=1S/C10H12N2/c1-3-9-8(5-6-11)7-12-10(9)4-2/h3-4,7,12H,5H2,1-2H3/b9-3-,10-4+. The van der Waals surface area contributed by atoms with Crippen molar-refractivity contribution in [3.05, 3.63) is 22.3 Å². The fraction of sp³-hybridized carbons (Fsp3) is 0.300. The maximum atomic E-state index is 8.53. The number of aromatic nitrogens is 1. The number of nitrogens with one attached hydrogen (secondary N) is 1. The first-order chi connectivity index (χ1) is 5.83. The summed E-state index contributed by atoms with van der Waals surface area (Å²) >= 11 is 0. The zero-order chi connectivity index (χ0) is 8.97. The molecule has 1 heterocycles. The SMILES string of the molecule is C/C=c1/c(CC#N)c[nH]/c1=C/C. The molecule has 0 saturated carbocycles. The van der Waals surface area contributed by atoms with Crippen LogP contribution in [0.3, 0.4) is 0 Å². The van der Waals surface area contributed by atoms with Gasteiger partial charge in [-0.15, -0.1) is 0 Å². The van der Waals surface area contributed by atoms with Gasteiger partial charge in [-0.05, 0) is 24.6 Å². The molecule has 1 aromatic heterocycles. The van der Waals surface area contributed by atoms with Crippen molar-refractivity contribution in [2.45, 2.75) is 20.3 Å². The summed E-state index contributed by atoms with van der Waals surface area (Å²) in [7, 11) is 0. The maximum absolute atomic E-state index is 8.53. The van der Waals surface area contributed by atoms with Crippen molar-refractivity contribution in [2.75, 3.05) is 0 Å². The van der Waals surface area contributed by atoms with Gasteiger partial charge in [-0.3, -0.25) is 0 Å². The normalized spacial score (nSPS) is 13.4. The molecule has 2 heteroatoms. The van der Waals surface area contributed by atoms with Crippen LogP contribution in [0.4, 0.5) is 0 Å². The number of nitrogens with zero attached hydrogens (tertiary/aromatic N) is 1. The third-order valence-corrected chi connectivity index (χ3v) is 1.88. The highest BCUT2D eigenvalue weighted by Gasteiger charge is 1.95. The summed E-state index contributed by atoms with van der Waals surface area (Å²) in [5.41, 5.74) is 1.08. The lowest BCUT2D eigenvalue weighted by Crippen LogP contribution is -2.24. The minimum atomic E-state index is 0.476. The van der Waals surface area contributed by atoms with Crippen LogP contribution in [0.1, 0.15) is 19.4 Å². The van der Waals surface area contributed by atoms with Gasteiger partial charge >= 0.3 is 0 Å². The summed E-state index contributed by atoms with van der Waals surface area (Å²) in [5.74, 6) is 0. The van der Waals surface area contributed by atoms with Crippen LogP contribution in [-0.4, -0.2) is 4.98 Å². The fourth-order valence-electron chi connectivity index (χ4n) is 1.30. The number of hydrogen-bond donors (Lipinski definition) is 1. The van der Waals surface area contributed by atoms with Gasteiger partial charge in [-0.25, -0.2) is 0 Å². The van der Waals surface area contributed by atoms with E-state index in [4.69, 9.17) is 5.26 Å². The Kier molecular flexibility index (Phi) is 2.71. The van der Waals surface area contributed by atoms with Gasteiger partial charge in [0.25, 0.3) is 0 Å². The van der Waals surface area contributed by atoms with E-state index >= 15 is 0 Å². The van der Waals surface area contributed by atoms with Gasteiger partial charge in [-0.2, -0.15) is 5.26 Å². The minimum absolute atomic E-state index is 0.476. The lowest BCUT2D eigenvalue weighted by atomic mass is 10.2. The predicted molar refractivity (Wildman–Crippen MR) is 49.6 cm³/mol. The van der Waals surface area contributed by atoms with E-state index in [-0.39, 0.29) is 0 Å². The highest BCUT2D eigenvalue weighted by molar-refractivity contribution is 5.32. The van der Waals surface area contributed by atoms with Gasteiger partial charge in [0.2, 0.25) is 0 Å². The smallest absolute Gasteiger partial charge is 0.0670 e. The molecule has 1 N–H and O–H groups in total. The zero-order valence-electron chi connectivity index (χ0n) is 7.39. The van der Waals surface area contributed by atoms with Crippen LogP contribution in [0.25, 0.3) is 12.2 Å². The van der Waals surface area contributed by atoms with Gasteiger partial charge < -0.3 is 4.98 Å². The van der Waals surface area contributed by atoms with Crippen molar-refractivity contribution in [1.82, 2.24) is 4.98 Å². The van der Waals surface area contributed by atoms with Crippen LogP contribution in [0, 0.1) is 11.3 Å². The molecule has 0 spiro atoms.